The van der Waals surface area contributed by atoms with Gasteiger partial charge in [0.1, 0.15) is 11.0 Å². The summed E-state index contributed by atoms with van der Waals surface area (Å²) in [6.45, 7) is 3.49. The van der Waals surface area contributed by atoms with Gasteiger partial charge in [0.15, 0.2) is 0 Å². The van der Waals surface area contributed by atoms with Crippen LogP contribution in [0.3, 0.4) is 0 Å². The maximum absolute atomic E-state index is 12.0. The standard InChI is InChI=1S/C16H17ClN2O3S/c1-9(2)14(16(21)22)19-13(20)7-10-8-23-15(18-10)11-5-3-4-6-12(11)17/h3-6,8-9,14H,7H2,1-2H3,(H,19,20)(H,21,22)/t14-/m0/s1. The fraction of sp³-hybridized carbons (Fsp3) is 0.312. The second kappa shape index (κ2) is 7.57. The number of thiazole rings is 1. The van der Waals surface area contributed by atoms with Crippen LogP contribution in [0, 0.1) is 5.92 Å². The number of carbonyl (C=O) groups is 2. The molecule has 23 heavy (non-hydrogen) atoms. The van der Waals surface area contributed by atoms with Gasteiger partial charge in [-0.05, 0) is 12.0 Å². The topological polar surface area (TPSA) is 79.3 Å². The van der Waals surface area contributed by atoms with Crippen LogP contribution in [0.15, 0.2) is 29.6 Å². The number of hydrogen-bond donors (Lipinski definition) is 2. The van der Waals surface area contributed by atoms with E-state index in [1.54, 1.807) is 25.3 Å². The van der Waals surface area contributed by atoms with E-state index < -0.39 is 12.0 Å². The van der Waals surface area contributed by atoms with E-state index in [1.807, 2.05) is 18.2 Å². The van der Waals surface area contributed by atoms with Crippen molar-refractivity contribution in [3.05, 3.63) is 40.4 Å². The average Bonchev–Trinajstić information content (AvgIpc) is 2.92. The number of aromatic nitrogens is 1. The van der Waals surface area contributed by atoms with Gasteiger partial charge < -0.3 is 10.4 Å². The predicted octanol–water partition coefficient (Wildman–Crippen LogP) is 3.23. The van der Waals surface area contributed by atoms with Crippen molar-refractivity contribution >= 4 is 34.8 Å². The van der Waals surface area contributed by atoms with E-state index in [1.165, 1.54) is 11.3 Å². The molecular formula is C16H17ClN2O3S. The third-order valence-electron chi connectivity index (χ3n) is 3.25. The Kier molecular flexibility index (Phi) is 5.74. The molecule has 1 amide bonds. The minimum absolute atomic E-state index is 0.0391. The lowest BCUT2D eigenvalue weighted by Crippen LogP contribution is -2.44. The molecule has 0 saturated heterocycles. The normalized spacial score (nSPS) is 12.2. The molecule has 0 unspecified atom stereocenters. The van der Waals surface area contributed by atoms with Gasteiger partial charge in [0.05, 0.1) is 17.1 Å². The van der Waals surface area contributed by atoms with Crippen molar-refractivity contribution in [1.29, 1.82) is 0 Å². The van der Waals surface area contributed by atoms with Crippen molar-refractivity contribution < 1.29 is 14.7 Å². The molecule has 2 rings (SSSR count). The number of halogens is 1. The first kappa shape index (κ1) is 17.4. The van der Waals surface area contributed by atoms with Crippen molar-refractivity contribution in [1.82, 2.24) is 10.3 Å². The summed E-state index contributed by atoms with van der Waals surface area (Å²) in [5.74, 6) is -1.59. The molecule has 0 bridgehead atoms. The van der Waals surface area contributed by atoms with Crippen LogP contribution >= 0.6 is 22.9 Å². The summed E-state index contributed by atoms with van der Waals surface area (Å²) < 4.78 is 0. The molecule has 5 nitrogen and oxygen atoms in total. The minimum Gasteiger partial charge on any atom is -0.480 e. The van der Waals surface area contributed by atoms with Gasteiger partial charge in [0.2, 0.25) is 5.91 Å². The van der Waals surface area contributed by atoms with E-state index in [9.17, 15) is 9.59 Å². The lowest BCUT2D eigenvalue weighted by atomic mass is 10.0. The van der Waals surface area contributed by atoms with Crippen LogP contribution in [0.2, 0.25) is 5.02 Å². The molecular weight excluding hydrogens is 336 g/mol. The van der Waals surface area contributed by atoms with Crippen LogP contribution in [0.5, 0.6) is 0 Å². The van der Waals surface area contributed by atoms with Gasteiger partial charge in [-0.3, -0.25) is 4.79 Å². The highest BCUT2D eigenvalue weighted by Gasteiger charge is 2.23. The third kappa shape index (κ3) is 4.53. The molecule has 0 spiro atoms. The Morgan fingerprint density at radius 3 is 2.65 bits per heavy atom. The summed E-state index contributed by atoms with van der Waals surface area (Å²) in [5.41, 5.74) is 1.41. The summed E-state index contributed by atoms with van der Waals surface area (Å²) in [6.07, 6.45) is 0.0391. The van der Waals surface area contributed by atoms with E-state index in [2.05, 4.69) is 10.3 Å². The Hall–Kier alpha value is -1.92. The fourth-order valence-corrected chi connectivity index (χ4v) is 3.19. The molecule has 2 N–H and O–H groups in total. The minimum atomic E-state index is -1.04. The molecule has 1 aromatic heterocycles. The maximum Gasteiger partial charge on any atom is 0.326 e. The first-order valence-corrected chi connectivity index (χ1v) is 8.35. The number of rotatable bonds is 6. The molecule has 0 fully saturated rings. The quantitative estimate of drug-likeness (QED) is 0.836. The van der Waals surface area contributed by atoms with Crippen LogP contribution in [0.1, 0.15) is 19.5 Å². The van der Waals surface area contributed by atoms with Gasteiger partial charge in [-0.2, -0.15) is 0 Å². The summed E-state index contributed by atoms with van der Waals surface area (Å²) in [5, 5.41) is 14.7. The van der Waals surface area contributed by atoms with Crippen molar-refractivity contribution in [2.75, 3.05) is 0 Å². The highest BCUT2D eigenvalue weighted by atomic mass is 35.5. The van der Waals surface area contributed by atoms with Crippen LogP contribution < -0.4 is 5.32 Å². The second-order valence-electron chi connectivity index (χ2n) is 5.43. The van der Waals surface area contributed by atoms with Gasteiger partial charge in [-0.15, -0.1) is 11.3 Å². The molecule has 0 aliphatic heterocycles. The molecule has 1 heterocycles. The maximum atomic E-state index is 12.0. The Balaban J connectivity index is 2.06. The highest BCUT2D eigenvalue weighted by molar-refractivity contribution is 7.13. The second-order valence-corrected chi connectivity index (χ2v) is 6.69. The number of hydrogen-bond acceptors (Lipinski definition) is 4. The molecule has 0 radical (unpaired) electrons. The van der Waals surface area contributed by atoms with Crippen LogP contribution in [0.25, 0.3) is 10.6 Å². The number of aliphatic carboxylic acids is 1. The van der Waals surface area contributed by atoms with Gasteiger partial charge in [0, 0.05) is 10.9 Å². The highest BCUT2D eigenvalue weighted by Crippen LogP contribution is 2.30. The number of amides is 1. The number of benzene rings is 1. The smallest absolute Gasteiger partial charge is 0.326 e. The van der Waals surface area contributed by atoms with E-state index in [-0.39, 0.29) is 18.2 Å². The molecule has 7 heteroatoms. The predicted molar refractivity (Wildman–Crippen MR) is 90.7 cm³/mol. The summed E-state index contributed by atoms with van der Waals surface area (Å²) >= 11 is 7.53. The van der Waals surface area contributed by atoms with E-state index >= 15 is 0 Å². The van der Waals surface area contributed by atoms with Crippen LogP contribution in [-0.4, -0.2) is 28.0 Å². The fourth-order valence-electron chi connectivity index (χ4n) is 2.05. The molecule has 1 atom stereocenters. The number of carboxylic acid groups (broad SMARTS) is 1. The van der Waals surface area contributed by atoms with E-state index in [4.69, 9.17) is 16.7 Å². The molecule has 0 saturated carbocycles. The van der Waals surface area contributed by atoms with Crippen LogP contribution in [-0.2, 0) is 16.0 Å². The summed E-state index contributed by atoms with van der Waals surface area (Å²) in [6, 6.07) is 6.46. The number of nitrogens with one attached hydrogen (secondary N) is 1. The third-order valence-corrected chi connectivity index (χ3v) is 4.50. The first-order chi connectivity index (χ1) is 10.9. The monoisotopic (exact) mass is 352 g/mol. The van der Waals surface area contributed by atoms with Gasteiger partial charge >= 0.3 is 5.97 Å². The van der Waals surface area contributed by atoms with Gasteiger partial charge in [0.25, 0.3) is 0 Å². The lowest BCUT2D eigenvalue weighted by Gasteiger charge is -2.17. The molecule has 1 aromatic carbocycles. The largest absolute Gasteiger partial charge is 0.480 e. The summed E-state index contributed by atoms with van der Waals surface area (Å²) in [4.78, 5) is 27.5. The Morgan fingerprint density at radius 2 is 2.04 bits per heavy atom. The summed E-state index contributed by atoms with van der Waals surface area (Å²) in [7, 11) is 0. The SMILES string of the molecule is CC(C)[C@H](NC(=O)Cc1csc(-c2ccccc2Cl)n1)C(=O)O. The van der Waals surface area contributed by atoms with Crippen molar-refractivity contribution in [2.45, 2.75) is 26.3 Å². The van der Waals surface area contributed by atoms with E-state index in [0.29, 0.717) is 10.7 Å². The van der Waals surface area contributed by atoms with Gasteiger partial charge in [-0.1, -0.05) is 43.6 Å². The van der Waals surface area contributed by atoms with Crippen molar-refractivity contribution in [2.24, 2.45) is 5.92 Å². The zero-order valence-electron chi connectivity index (χ0n) is 12.7. The molecule has 2 aromatic rings. The Bertz CT molecular complexity index is 715. The number of carboxylic acids is 1. The molecule has 0 aliphatic rings. The molecule has 0 aliphatic carbocycles. The van der Waals surface area contributed by atoms with Crippen molar-refractivity contribution in [3.63, 3.8) is 0 Å². The number of carbonyl (C=O) groups excluding carboxylic acids is 1. The zero-order chi connectivity index (χ0) is 17.0. The van der Waals surface area contributed by atoms with Crippen molar-refractivity contribution in [3.8, 4) is 10.6 Å². The average molecular weight is 353 g/mol. The zero-order valence-corrected chi connectivity index (χ0v) is 14.3. The molecule has 122 valence electrons. The van der Waals surface area contributed by atoms with Gasteiger partial charge in [-0.25, -0.2) is 9.78 Å². The Labute approximate surface area is 143 Å². The Morgan fingerprint density at radius 1 is 1.35 bits per heavy atom. The number of nitrogens with zero attached hydrogens (tertiary/aromatic N) is 1. The lowest BCUT2D eigenvalue weighted by molar-refractivity contribution is -0.143. The van der Waals surface area contributed by atoms with E-state index in [0.717, 1.165) is 10.6 Å². The first-order valence-electron chi connectivity index (χ1n) is 7.10. The van der Waals surface area contributed by atoms with Crippen LogP contribution in [0.4, 0.5) is 0 Å².